The fraction of sp³-hybridized carbons (Fsp3) is 0. The third-order valence-electron chi connectivity index (χ3n) is 4.02. The Morgan fingerprint density at radius 1 is 0.680 bits per heavy atom. The molecule has 0 unspecified atom stereocenters. The van der Waals surface area contributed by atoms with Crippen LogP contribution in [0.4, 0.5) is 0 Å². The smallest absolute Gasteiger partial charge is 0.337 e. The highest BCUT2D eigenvalue weighted by atomic mass is 16.4. The molecule has 25 heavy (non-hydrogen) atoms. The van der Waals surface area contributed by atoms with Gasteiger partial charge in [0.15, 0.2) is 0 Å². The van der Waals surface area contributed by atoms with Crippen LogP contribution in [0, 0.1) is 0 Å². The summed E-state index contributed by atoms with van der Waals surface area (Å²) in [6.45, 7) is 0. The van der Waals surface area contributed by atoms with Crippen LogP contribution in [-0.4, -0.2) is 21.0 Å². The normalized spacial score (nSPS) is 10.7. The fourth-order valence-electron chi connectivity index (χ4n) is 2.84. The zero-order valence-corrected chi connectivity index (χ0v) is 13.3. The van der Waals surface area contributed by atoms with E-state index in [-0.39, 0.29) is 5.56 Å². The second kappa shape index (κ2) is 6.17. The highest BCUT2D eigenvalue weighted by Crippen LogP contribution is 2.31. The van der Waals surface area contributed by atoms with E-state index in [1.54, 1.807) is 18.2 Å². The third kappa shape index (κ3) is 2.74. The largest absolute Gasteiger partial charge is 0.478 e. The average molecular weight is 326 g/mol. The summed E-state index contributed by atoms with van der Waals surface area (Å²) in [5.41, 5.74) is 4.37. The van der Waals surface area contributed by atoms with Gasteiger partial charge in [0.05, 0.1) is 22.5 Å². The highest BCUT2D eigenvalue weighted by Gasteiger charge is 2.16. The van der Waals surface area contributed by atoms with Crippen LogP contribution in [0.2, 0.25) is 0 Å². The van der Waals surface area contributed by atoms with Crippen molar-refractivity contribution in [2.45, 2.75) is 0 Å². The lowest BCUT2D eigenvalue weighted by Gasteiger charge is -2.11. The van der Waals surface area contributed by atoms with Crippen molar-refractivity contribution in [1.82, 2.24) is 9.97 Å². The minimum Gasteiger partial charge on any atom is -0.478 e. The fourth-order valence-corrected chi connectivity index (χ4v) is 2.84. The number of rotatable bonds is 3. The Morgan fingerprint density at radius 2 is 1.24 bits per heavy atom. The summed E-state index contributed by atoms with van der Waals surface area (Å²) in [5, 5.41) is 9.46. The van der Waals surface area contributed by atoms with Gasteiger partial charge in [0.1, 0.15) is 5.52 Å². The minimum absolute atomic E-state index is 0.154. The zero-order chi connectivity index (χ0) is 17.2. The van der Waals surface area contributed by atoms with E-state index in [9.17, 15) is 9.90 Å². The molecule has 4 nitrogen and oxygen atoms in total. The van der Waals surface area contributed by atoms with Gasteiger partial charge < -0.3 is 5.11 Å². The van der Waals surface area contributed by atoms with E-state index in [1.165, 1.54) is 0 Å². The molecule has 0 aliphatic carbocycles. The van der Waals surface area contributed by atoms with Gasteiger partial charge in [-0.15, -0.1) is 0 Å². The Balaban J connectivity index is 2.08. The predicted molar refractivity (Wildman–Crippen MR) is 97.4 cm³/mol. The number of carboxylic acid groups (broad SMARTS) is 1. The van der Waals surface area contributed by atoms with E-state index in [0.29, 0.717) is 16.7 Å². The highest BCUT2D eigenvalue weighted by molar-refractivity contribution is 6.02. The molecule has 0 aliphatic heterocycles. The molecule has 1 N–H and O–H groups in total. The number of hydrogen-bond donors (Lipinski definition) is 1. The van der Waals surface area contributed by atoms with Crippen molar-refractivity contribution in [1.29, 1.82) is 0 Å². The molecule has 0 fully saturated rings. The van der Waals surface area contributed by atoms with Gasteiger partial charge in [-0.3, -0.25) is 0 Å². The molecule has 0 spiro atoms. The molecule has 1 aromatic heterocycles. The van der Waals surface area contributed by atoms with Crippen molar-refractivity contribution < 1.29 is 9.90 Å². The topological polar surface area (TPSA) is 63.1 Å². The molecule has 0 aliphatic rings. The summed E-state index contributed by atoms with van der Waals surface area (Å²) in [7, 11) is 0. The molecule has 4 aromatic rings. The average Bonchev–Trinajstić information content (AvgIpc) is 2.67. The number of aromatic nitrogens is 2. The van der Waals surface area contributed by atoms with E-state index in [0.717, 1.165) is 16.8 Å². The number of hydrogen-bond acceptors (Lipinski definition) is 3. The van der Waals surface area contributed by atoms with E-state index >= 15 is 0 Å². The Morgan fingerprint density at radius 3 is 1.80 bits per heavy atom. The summed E-state index contributed by atoms with van der Waals surface area (Å²) in [4.78, 5) is 21.0. The first-order chi connectivity index (χ1) is 12.2. The summed E-state index contributed by atoms with van der Waals surface area (Å²) in [6.07, 6.45) is 0. The molecule has 0 saturated heterocycles. The molecule has 1 heterocycles. The van der Waals surface area contributed by atoms with Gasteiger partial charge in [0, 0.05) is 11.1 Å². The van der Waals surface area contributed by atoms with Crippen molar-refractivity contribution in [2.75, 3.05) is 0 Å². The minimum atomic E-state index is -1.01. The van der Waals surface area contributed by atoms with Crippen LogP contribution in [0.5, 0.6) is 0 Å². The maximum Gasteiger partial charge on any atom is 0.337 e. The lowest BCUT2D eigenvalue weighted by atomic mass is 10.0. The standard InChI is InChI=1S/C21H14N2O2/c24-21(25)16-12-7-13-17-20(16)23-19(15-10-5-2-6-11-15)18(22-17)14-8-3-1-4-9-14/h1-13H,(H,24,25). The molecule has 0 amide bonds. The molecule has 0 radical (unpaired) electrons. The number of benzene rings is 3. The van der Waals surface area contributed by atoms with Crippen LogP contribution < -0.4 is 0 Å². The number of nitrogens with zero attached hydrogens (tertiary/aromatic N) is 2. The van der Waals surface area contributed by atoms with Crippen LogP contribution >= 0.6 is 0 Å². The monoisotopic (exact) mass is 326 g/mol. The van der Waals surface area contributed by atoms with Gasteiger partial charge in [0.2, 0.25) is 0 Å². The second-order valence-corrected chi connectivity index (χ2v) is 5.63. The second-order valence-electron chi connectivity index (χ2n) is 5.63. The predicted octanol–water partition coefficient (Wildman–Crippen LogP) is 4.66. The van der Waals surface area contributed by atoms with Crippen molar-refractivity contribution in [3.05, 3.63) is 84.4 Å². The quantitative estimate of drug-likeness (QED) is 0.594. The number of carboxylic acids is 1. The summed E-state index contributed by atoms with van der Waals surface area (Å²) < 4.78 is 0. The van der Waals surface area contributed by atoms with Gasteiger partial charge in [-0.2, -0.15) is 0 Å². The van der Waals surface area contributed by atoms with E-state index < -0.39 is 5.97 Å². The van der Waals surface area contributed by atoms with Crippen molar-refractivity contribution in [3.63, 3.8) is 0 Å². The summed E-state index contributed by atoms with van der Waals surface area (Å²) in [5.74, 6) is -1.01. The lowest BCUT2D eigenvalue weighted by molar-refractivity contribution is 0.0699. The molecule has 0 bridgehead atoms. The van der Waals surface area contributed by atoms with Crippen LogP contribution in [0.3, 0.4) is 0 Å². The molecular formula is C21H14N2O2. The Hall–Kier alpha value is -3.53. The van der Waals surface area contributed by atoms with Crippen molar-refractivity contribution in [2.24, 2.45) is 0 Å². The first-order valence-electron chi connectivity index (χ1n) is 7.89. The van der Waals surface area contributed by atoms with Crippen LogP contribution in [-0.2, 0) is 0 Å². The van der Waals surface area contributed by atoms with Gasteiger partial charge in [-0.1, -0.05) is 66.7 Å². The molecule has 0 saturated carbocycles. The Bertz CT molecular complexity index is 1060. The first-order valence-corrected chi connectivity index (χ1v) is 7.89. The van der Waals surface area contributed by atoms with Crippen LogP contribution in [0.1, 0.15) is 10.4 Å². The lowest BCUT2D eigenvalue weighted by Crippen LogP contribution is -2.02. The molecule has 120 valence electrons. The first kappa shape index (κ1) is 15.0. The van der Waals surface area contributed by atoms with Crippen molar-refractivity contribution in [3.8, 4) is 22.5 Å². The SMILES string of the molecule is O=C(O)c1cccc2nc(-c3ccccc3)c(-c3ccccc3)nc12. The number of carbonyl (C=O) groups is 1. The van der Waals surface area contributed by atoms with Gasteiger partial charge in [-0.05, 0) is 12.1 Å². The Labute approximate surface area is 144 Å². The Kier molecular flexibility index (Phi) is 3.71. The number of para-hydroxylation sites is 1. The molecular weight excluding hydrogens is 312 g/mol. The summed E-state index contributed by atoms with van der Waals surface area (Å²) in [6, 6.07) is 24.5. The van der Waals surface area contributed by atoms with Gasteiger partial charge in [0.25, 0.3) is 0 Å². The van der Waals surface area contributed by atoms with Crippen LogP contribution in [0.15, 0.2) is 78.9 Å². The van der Waals surface area contributed by atoms with Crippen molar-refractivity contribution >= 4 is 17.0 Å². The van der Waals surface area contributed by atoms with E-state index in [2.05, 4.69) is 0 Å². The van der Waals surface area contributed by atoms with E-state index in [4.69, 9.17) is 9.97 Å². The molecule has 4 heteroatoms. The van der Waals surface area contributed by atoms with Crippen LogP contribution in [0.25, 0.3) is 33.5 Å². The number of fused-ring (bicyclic) bond motifs is 1. The van der Waals surface area contributed by atoms with Gasteiger partial charge >= 0.3 is 5.97 Å². The van der Waals surface area contributed by atoms with E-state index in [1.807, 2.05) is 60.7 Å². The molecule has 3 aromatic carbocycles. The molecule has 0 atom stereocenters. The zero-order valence-electron chi connectivity index (χ0n) is 13.3. The van der Waals surface area contributed by atoms with Gasteiger partial charge in [-0.25, -0.2) is 14.8 Å². The third-order valence-corrected chi connectivity index (χ3v) is 4.02. The molecule has 4 rings (SSSR count). The maximum absolute atomic E-state index is 11.5. The summed E-state index contributed by atoms with van der Waals surface area (Å²) >= 11 is 0. The number of aromatic carboxylic acids is 1. The maximum atomic E-state index is 11.5.